The first-order valence-corrected chi connectivity index (χ1v) is 9.80. The van der Waals surface area contributed by atoms with Crippen LogP contribution in [0.3, 0.4) is 0 Å². The monoisotopic (exact) mass is 449 g/mol. The summed E-state index contributed by atoms with van der Waals surface area (Å²) in [5.41, 5.74) is 3.65. The summed E-state index contributed by atoms with van der Waals surface area (Å²) in [4.78, 5) is 0. The van der Waals surface area contributed by atoms with Crippen molar-refractivity contribution >= 4 is 0 Å². The van der Waals surface area contributed by atoms with Gasteiger partial charge in [-0.05, 0) is 73.7 Å². The van der Waals surface area contributed by atoms with Crippen molar-refractivity contribution in [2.24, 2.45) is 11.7 Å². The summed E-state index contributed by atoms with van der Waals surface area (Å²) in [5, 5.41) is 0. The molecule has 3 rings (SSSR count). The Morgan fingerprint density at radius 3 is 1.97 bits per heavy atom. The molecular weight excluding hydrogens is 427 g/mol. The van der Waals surface area contributed by atoms with Gasteiger partial charge in [-0.1, -0.05) is 12.1 Å². The first-order chi connectivity index (χ1) is 14.4. The fourth-order valence-corrected chi connectivity index (χ4v) is 4.18. The Hall–Kier alpha value is -2.13. The number of hydrogen-bond acceptors (Lipinski definition) is 2. The van der Waals surface area contributed by atoms with E-state index in [0.717, 1.165) is 5.56 Å². The summed E-state index contributed by atoms with van der Waals surface area (Å²) in [6.45, 7) is 1.76. The number of benzene rings is 2. The zero-order chi connectivity index (χ0) is 23.0. The molecule has 0 aromatic heterocycles. The molecule has 1 aliphatic rings. The Labute approximate surface area is 175 Å². The minimum Gasteiger partial charge on any atom is -0.370 e. The smallest absolute Gasteiger partial charge is 0.370 e. The summed E-state index contributed by atoms with van der Waals surface area (Å²) in [5.74, 6) is -0.642. The number of ether oxygens (including phenoxy) is 1. The summed E-state index contributed by atoms with van der Waals surface area (Å²) < 4.78 is 98.3. The maximum atomic E-state index is 13.3. The Morgan fingerprint density at radius 1 is 0.935 bits per heavy atom. The van der Waals surface area contributed by atoms with E-state index >= 15 is 0 Å². The molecule has 0 aliphatic heterocycles. The first kappa shape index (κ1) is 23.5. The largest absolute Gasteiger partial charge is 0.416 e. The molecule has 0 amide bonds. The van der Waals surface area contributed by atoms with E-state index in [9.17, 15) is 30.7 Å². The van der Waals surface area contributed by atoms with Gasteiger partial charge >= 0.3 is 12.4 Å². The van der Waals surface area contributed by atoms with E-state index in [4.69, 9.17) is 10.5 Å². The van der Waals surface area contributed by atoms with Crippen LogP contribution in [-0.2, 0) is 17.1 Å². The van der Waals surface area contributed by atoms with E-state index in [0.29, 0.717) is 31.5 Å². The highest BCUT2D eigenvalue weighted by atomic mass is 19.4. The summed E-state index contributed by atoms with van der Waals surface area (Å²) in [6.07, 6.45) is -10.1. The van der Waals surface area contributed by atoms with Crippen LogP contribution in [0.4, 0.5) is 30.7 Å². The lowest BCUT2D eigenvalue weighted by Crippen LogP contribution is -2.26. The summed E-state index contributed by atoms with van der Waals surface area (Å²) >= 11 is 0. The van der Waals surface area contributed by atoms with E-state index < -0.39 is 41.5 Å². The second-order valence-electron chi connectivity index (χ2n) is 7.81. The number of rotatable bonds is 5. The van der Waals surface area contributed by atoms with Crippen LogP contribution in [0.5, 0.6) is 0 Å². The van der Waals surface area contributed by atoms with Crippen molar-refractivity contribution in [3.05, 3.63) is 70.5 Å². The third-order valence-corrected chi connectivity index (χ3v) is 5.75. The lowest BCUT2D eigenvalue weighted by molar-refractivity contribution is -0.143. The molecule has 170 valence electrons. The molecule has 0 saturated heterocycles. The summed E-state index contributed by atoms with van der Waals surface area (Å²) in [6, 6.07) is 7.25. The molecule has 2 aromatic rings. The van der Waals surface area contributed by atoms with E-state index in [1.807, 2.05) is 0 Å². The second kappa shape index (κ2) is 8.78. The molecule has 0 radical (unpaired) electrons. The number of nitrogens with two attached hydrogens (primary N) is 1. The minimum absolute atomic E-state index is 0.00917. The number of alkyl halides is 6. The lowest BCUT2D eigenvalue weighted by atomic mass is 9.87. The topological polar surface area (TPSA) is 35.2 Å². The molecule has 31 heavy (non-hydrogen) atoms. The Morgan fingerprint density at radius 2 is 1.48 bits per heavy atom. The Balaban J connectivity index is 1.90. The summed E-state index contributed by atoms with van der Waals surface area (Å²) in [7, 11) is 0. The van der Waals surface area contributed by atoms with Gasteiger partial charge in [0.15, 0.2) is 0 Å². The molecule has 0 heterocycles. The van der Waals surface area contributed by atoms with Crippen LogP contribution in [-0.4, -0.2) is 12.6 Å². The maximum absolute atomic E-state index is 13.3. The Bertz CT molecular complexity index is 860. The number of halogens is 7. The highest BCUT2D eigenvalue weighted by Gasteiger charge is 2.40. The molecule has 4 unspecified atom stereocenters. The highest BCUT2D eigenvalue weighted by Crippen LogP contribution is 2.44. The van der Waals surface area contributed by atoms with E-state index in [1.165, 1.54) is 19.1 Å². The van der Waals surface area contributed by atoms with E-state index in [2.05, 4.69) is 0 Å². The van der Waals surface area contributed by atoms with Gasteiger partial charge in [-0.2, -0.15) is 26.3 Å². The van der Waals surface area contributed by atoms with Gasteiger partial charge in [-0.15, -0.1) is 0 Å². The van der Waals surface area contributed by atoms with Gasteiger partial charge in [0.25, 0.3) is 0 Å². The highest BCUT2D eigenvalue weighted by molar-refractivity contribution is 5.35. The van der Waals surface area contributed by atoms with Crippen LogP contribution in [0.1, 0.15) is 54.0 Å². The molecule has 1 saturated carbocycles. The van der Waals surface area contributed by atoms with Gasteiger partial charge in [-0.3, -0.25) is 0 Å². The lowest BCUT2D eigenvalue weighted by Gasteiger charge is -2.28. The van der Waals surface area contributed by atoms with Crippen molar-refractivity contribution in [2.75, 3.05) is 6.54 Å². The van der Waals surface area contributed by atoms with Crippen LogP contribution in [0, 0.1) is 11.7 Å². The van der Waals surface area contributed by atoms with Crippen molar-refractivity contribution in [2.45, 2.75) is 50.2 Å². The first-order valence-electron chi connectivity index (χ1n) is 9.80. The molecule has 1 fully saturated rings. The van der Waals surface area contributed by atoms with Crippen molar-refractivity contribution in [3.8, 4) is 0 Å². The molecule has 2 N–H and O–H groups in total. The van der Waals surface area contributed by atoms with Gasteiger partial charge in [-0.25, -0.2) is 4.39 Å². The molecule has 4 atom stereocenters. The average molecular weight is 449 g/mol. The van der Waals surface area contributed by atoms with E-state index in [1.54, 1.807) is 12.1 Å². The zero-order valence-electron chi connectivity index (χ0n) is 16.6. The molecule has 0 spiro atoms. The van der Waals surface area contributed by atoms with Crippen LogP contribution in [0.2, 0.25) is 0 Å². The predicted octanol–water partition coefficient (Wildman–Crippen LogP) is 6.46. The van der Waals surface area contributed by atoms with Gasteiger partial charge < -0.3 is 10.5 Å². The normalized spacial score (nSPS) is 23.2. The van der Waals surface area contributed by atoms with Gasteiger partial charge in [0.2, 0.25) is 0 Å². The fourth-order valence-electron chi connectivity index (χ4n) is 4.18. The third kappa shape index (κ3) is 5.38. The minimum atomic E-state index is -4.93. The van der Waals surface area contributed by atoms with Crippen molar-refractivity contribution < 1.29 is 35.5 Å². The van der Waals surface area contributed by atoms with Crippen molar-refractivity contribution in [1.82, 2.24) is 0 Å². The van der Waals surface area contributed by atoms with Crippen LogP contribution < -0.4 is 5.73 Å². The molecule has 2 aromatic carbocycles. The molecule has 1 aliphatic carbocycles. The predicted molar refractivity (Wildman–Crippen MR) is 101 cm³/mol. The number of hydrogen-bond donors (Lipinski definition) is 1. The molecule has 2 nitrogen and oxygen atoms in total. The van der Waals surface area contributed by atoms with Gasteiger partial charge in [0, 0.05) is 5.92 Å². The average Bonchev–Trinajstić information content (AvgIpc) is 3.09. The second-order valence-corrected chi connectivity index (χ2v) is 7.81. The SMILES string of the molecule is CC(OC1CCC(CN)C1c1ccc(F)cc1)c1cc(C(F)(F)F)cc(C(F)(F)F)c1. The van der Waals surface area contributed by atoms with Gasteiger partial charge in [0.05, 0.1) is 23.3 Å². The van der Waals surface area contributed by atoms with E-state index in [-0.39, 0.29) is 23.5 Å². The molecule has 9 heteroatoms. The van der Waals surface area contributed by atoms with Crippen molar-refractivity contribution in [1.29, 1.82) is 0 Å². The van der Waals surface area contributed by atoms with Crippen molar-refractivity contribution in [3.63, 3.8) is 0 Å². The fraction of sp³-hybridized carbons (Fsp3) is 0.455. The quantitative estimate of drug-likeness (QED) is 0.532. The van der Waals surface area contributed by atoms with Crippen LogP contribution >= 0.6 is 0 Å². The molecular formula is C22H22F7NO. The Kier molecular flexibility index (Phi) is 6.67. The maximum Gasteiger partial charge on any atom is 0.416 e. The molecule has 0 bridgehead atoms. The van der Waals surface area contributed by atoms with Gasteiger partial charge in [0.1, 0.15) is 5.82 Å². The van der Waals surface area contributed by atoms with Crippen LogP contribution in [0.25, 0.3) is 0 Å². The van der Waals surface area contributed by atoms with Crippen LogP contribution in [0.15, 0.2) is 42.5 Å². The zero-order valence-corrected chi connectivity index (χ0v) is 16.6. The third-order valence-electron chi connectivity index (χ3n) is 5.75. The standard InChI is InChI=1S/C22H22F7NO/c1-12(15-8-16(21(24,25)26)10-17(9-15)22(27,28)29)31-19-7-4-14(11-30)20(19)13-2-5-18(23)6-3-13/h2-3,5-6,8-10,12,14,19-20H,4,7,11,30H2,1H3.